The number of hydrogen-bond acceptors (Lipinski definition) is 15. The molecule has 0 saturated carbocycles. The monoisotopic (exact) mass is 1010 g/mol. The van der Waals surface area contributed by atoms with E-state index in [1.54, 1.807) is 91.8 Å². The molecule has 0 bridgehead atoms. The van der Waals surface area contributed by atoms with E-state index in [0.29, 0.717) is 54.8 Å². The molecule has 1 saturated heterocycles. The third-order valence-electron chi connectivity index (χ3n) is 8.51. The molecule has 0 aliphatic carbocycles. The van der Waals surface area contributed by atoms with Crippen LogP contribution in [-0.2, 0) is 42.9 Å². The molecule has 1 fully saturated rings. The summed E-state index contributed by atoms with van der Waals surface area (Å²) in [5.74, 6) is 0.548. The van der Waals surface area contributed by atoms with Crippen LogP contribution in [0.1, 0.15) is 100 Å². The number of phenolic OH excluding ortho intramolecular Hbond substituents is 1. The van der Waals surface area contributed by atoms with Crippen molar-refractivity contribution in [1.29, 1.82) is 0 Å². The van der Waals surface area contributed by atoms with E-state index in [4.69, 9.17) is 38.3 Å². The molecule has 0 amide bonds. The Hall–Kier alpha value is -6.52. The standard InChI is InChI=1S/C24H28O6.C12H14O4.C7H6O2.C5H9BrO2.C4H8O/c1-5-27-23(25)17(3)29-21-13-9-19(10-14-21)7-8-20-11-15-22(16-12-20)30-18(4)24(26)28-6-2;1-3-15-12(14)9(2)16-11-6-4-10(8-13)5-7-11;8-5-6-1-3-7(9)4-2-6;1-3-8-5(7)4(2)6;1-2-4-5-3-1/h7-18H,5-6H2,1-4H3;4-9H,3H2,1-2H3;1-5,9H;4H,3H2,1-2H3;1-4H2/b8-7+;;;;. The van der Waals surface area contributed by atoms with Gasteiger partial charge in [-0.05, 0) is 152 Å². The smallest absolute Gasteiger partial charge is 0.347 e. The lowest BCUT2D eigenvalue weighted by Crippen LogP contribution is -2.26. The van der Waals surface area contributed by atoms with Gasteiger partial charge >= 0.3 is 23.9 Å². The minimum Gasteiger partial charge on any atom is -0.508 e. The van der Waals surface area contributed by atoms with Crippen LogP contribution >= 0.6 is 15.9 Å². The molecule has 370 valence electrons. The summed E-state index contributed by atoms with van der Waals surface area (Å²) in [4.78, 5) is 65.3. The number of ether oxygens (including phenoxy) is 8. The molecule has 1 heterocycles. The van der Waals surface area contributed by atoms with Crippen LogP contribution in [0.4, 0.5) is 0 Å². The molecule has 5 rings (SSSR count). The molecule has 16 heteroatoms. The lowest BCUT2D eigenvalue weighted by molar-refractivity contribution is -0.151. The molecule has 4 atom stereocenters. The van der Waals surface area contributed by atoms with Gasteiger partial charge in [-0.15, -0.1) is 0 Å². The average Bonchev–Trinajstić information content (AvgIpc) is 3.94. The highest BCUT2D eigenvalue weighted by atomic mass is 79.9. The number of hydrogen-bond donors (Lipinski definition) is 1. The van der Waals surface area contributed by atoms with Crippen molar-refractivity contribution >= 4 is 64.5 Å². The van der Waals surface area contributed by atoms with Crippen molar-refractivity contribution in [3.8, 4) is 23.0 Å². The SMILES string of the molecule is C1CCOC1.CCOC(=O)C(C)Br.CCOC(=O)C(C)Oc1ccc(/C=C/c2ccc(OC(C)C(=O)OCC)cc2)cc1.CCOC(=O)C(C)Oc1ccc(C=O)cc1.O=Cc1ccc(O)cc1. The van der Waals surface area contributed by atoms with Crippen molar-refractivity contribution in [3.63, 3.8) is 0 Å². The lowest BCUT2D eigenvalue weighted by atomic mass is 10.1. The zero-order valence-corrected chi connectivity index (χ0v) is 41.6. The minimum atomic E-state index is -0.654. The van der Waals surface area contributed by atoms with Gasteiger partial charge in [-0.2, -0.15) is 0 Å². The second-order valence-electron chi connectivity index (χ2n) is 14.1. The first-order valence-electron chi connectivity index (χ1n) is 22.2. The number of rotatable bonds is 18. The number of carbonyl (C=O) groups excluding carboxylic acids is 6. The number of phenols is 1. The van der Waals surface area contributed by atoms with Crippen LogP contribution in [0.25, 0.3) is 12.2 Å². The Bertz CT molecular complexity index is 1980. The third-order valence-corrected chi connectivity index (χ3v) is 8.88. The molecule has 0 radical (unpaired) electrons. The Morgan fingerprint density at radius 2 is 0.779 bits per heavy atom. The van der Waals surface area contributed by atoms with Gasteiger partial charge in [0.2, 0.25) is 0 Å². The van der Waals surface area contributed by atoms with Crippen molar-refractivity contribution in [3.05, 3.63) is 119 Å². The summed E-state index contributed by atoms with van der Waals surface area (Å²) in [6.45, 7) is 17.2. The first-order chi connectivity index (χ1) is 32.6. The lowest BCUT2D eigenvalue weighted by Gasteiger charge is -2.13. The van der Waals surface area contributed by atoms with Crippen molar-refractivity contribution < 1.29 is 71.8 Å². The average molecular weight is 1010 g/mol. The topological polar surface area (TPSA) is 196 Å². The number of alkyl halides is 1. The Morgan fingerprint density at radius 1 is 0.500 bits per heavy atom. The van der Waals surface area contributed by atoms with Crippen LogP contribution in [-0.4, -0.2) is 104 Å². The van der Waals surface area contributed by atoms with Gasteiger partial charge in [0, 0.05) is 24.3 Å². The Kier molecular flexibility index (Phi) is 31.2. The highest BCUT2D eigenvalue weighted by Gasteiger charge is 2.17. The molecular weight excluding hydrogens is 944 g/mol. The predicted molar refractivity (Wildman–Crippen MR) is 262 cm³/mol. The van der Waals surface area contributed by atoms with Crippen LogP contribution in [0, 0.1) is 0 Å². The van der Waals surface area contributed by atoms with Gasteiger partial charge < -0.3 is 43.0 Å². The van der Waals surface area contributed by atoms with Gasteiger partial charge in [-0.25, -0.2) is 14.4 Å². The Morgan fingerprint density at radius 3 is 1.01 bits per heavy atom. The molecule has 1 aliphatic rings. The summed E-state index contributed by atoms with van der Waals surface area (Å²) in [7, 11) is 0. The molecule has 15 nitrogen and oxygen atoms in total. The number of aldehydes is 2. The number of benzene rings is 4. The Labute approximate surface area is 408 Å². The quantitative estimate of drug-likeness (QED) is 0.0325. The van der Waals surface area contributed by atoms with E-state index in [1.807, 2.05) is 60.7 Å². The predicted octanol–water partition coefficient (Wildman–Crippen LogP) is 9.68. The fourth-order valence-corrected chi connectivity index (χ4v) is 5.12. The molecule has 1 aliphatic heterocycles. The van der Waals surface area contributed by atoms with Gasteiger partial charge in [0.05, 0.1) is 26.4 Å². The zero-order valence-electron chi connectivity index (χ0n) is 40.1. The van der Waals surface area contributed by atoms with E-state index < -0.39 is 24.3 Å². The first kappa shape index (κ1) is 59.5. The highest BCUT2D eigenvalue weighted by Crippen LogP contribution is 2.19. The molecule has 0 spiro atoms. The van der Waals surface area contributed by atoms with Gasteiger partial charge in [-0.1, -0.05) is 52.3 Å². The second-order valence-corrected chi connectivity index (χ2v) is 15.5. The van der Waals surface area contributed by atoms with E-state index >= 15 is 0 Å². The highest BCUT2D eigenvalue weighted by molar-refractivity contribution is 9.10. The fourth-order valence-electron chi connectivity index (χ4n) is 4.99. The fraction of sp³-hybridized carbons (Fsp3) is 0.385. The second kappa shape index (κ2) is 35.6. The van der Waals surface area contributed by atoms with Crippen molar-refractivity contribution in [2.24, 2.45) is 0 Å². The van der Waals surface area contributed by atoms with Crippen molar-refractivity contribution in [2.75, 3.05) is 39.6 Å². The summed E-state index contributed by atoms with van der Waals surface area (Å²) in [5.41, 5.74) is 3.12. The van der Waals surface area contributed by atoms with Crippen molar-refractivity contribution in [1.82, 2.24) is 0 Å². The number of aromatic hydroxyl groups is 1. The van der Waals surface area contributed by atoms with Crippen LogP contribution in [0.5, 0.6) is 23.0 Å². The van der Waals surface area contributed by atoms with E-state index in [0.717, 1.165) is 36.9 Å². The molecular formula is C52H65BrO15. The molecule has 68 heavy (non-hydrogen) atoms. The number of halogens is 1. The summed E-state index contributed by atoms with van der Waals surface area (Å²) in [5, 5.41) is 8.74. The van der Waals surface area contributed by atoms with E-state index in [9.17, 15) is 28.8 Å². The summed E-state index contributed by atoms with van der Waals surface area (Å²) >= 11 is 3.07. The molecule has 4 unspecified atom stereocenters. The summed E-state index contributed by atoms with van der Waals surface area (Å²) in [6, 6.07) is 27.4. The van der Waals surface area contributed by atoms with Crippen LogP contribution in [0.3, 0.4) is 0 Å². The maximum absolute atomic E-state index is 11.6. The van der Waals surface area contributed by atoms with Gasteiger partial charge in [0.25, 0.3) is 0 Å². The number of carbonyl (C=O) groups is 6. The van der Waals surface area contributed by atoms with E-state index in [1.165, 1.54) is 25.0 Å². The normalized spacial score (nSPS) is 12.8. The van der Waals surface area contributed by atoms with E-state index in [2.05, 4.69) is 20.7 Å². The Balaban J connectivity index is 0.000000500. The van der Waals surface area contributed by atoms with Crippen LogP contribution in [0.2, 0.25) is 0 Å². The van der Waals surface area contributed by atoms with Gasteiger partial charge in [0.15, 0.2) is 18.3 Å². The summed E-state index contributed by atoms with van der Waals surface area (Å²) < 4.78 is 40.7. The van der Waals surface area contributed by atoms with Crippen molar-refractivity contribution in [2.45, 2.75) is 91.4 Å². The van der Waals surface area contributed by atoms with Gasteiger partial charge in [-0.3, -0.25) is 14.4 Å². The first-order valence-corrected chi connectivity index (χ1v) is 23.1. The maximum atomic E-state index is 11.6. The summed E-state index contributed by atoms with van der Waals surface area (Å²) in [6.07, 6.45) is 6.02. The van der Waals surface area contributed by atoms with Crippen LogP contribution in [0.15, 0.2) is 97.1 Å². The zero-order chi connectivity index (χ0) is 50.7. The molecule has 1 N–H and O–H groups in total. The molecule has 4 aromatic rings. The van der Waals surface area contributed by atoms with Gasteiger partial charge in [0.1, 0.15) is 40.4 Å². The molecule has 0 aromatic heterocycles. The number of esters is 4. The van der Waals surface area contributed by atoms with E-state index in [-0.39, 0.29) is 28.5 Å². The maximum Gasteiger partial charge on any atom is 0.347 e. The van der Waals surface area contributed by atoms with Crippen LogP contribution < -0.4 is 14.2 Å². The molecule has 4 aromatic carbocycles. The largest absolute Gasteiger partial charge is 0.508 e. The third kappa shape index (κ3) is 26.6. The minimum absolute atomic E-state index is 0.178.